The van der Waals surface area contributed by atoms with E-state index in [-0.39, 0.29) is 24.1 Å². The van der Waals surface area contributed by atoms with Gasteiger partial charge in [-0.3, -0.25) is 9.59 Å². The molecule has 0 aliphatic rings. The van der Waals surface area contributed by atoms with Gasteiger partial charge < -0.3 is 14.2 Å². The predicted octanol–water partition coefficient (Wildman–Crippen LogP) is 3.44. The van der Waals surface area contributed by atoms with Gasteiger partial charge in [-0.1, -0.05) is 15.9 Å². The summed E-state index contributed by atoms with van der Waals surface area (Å²) in [4.78, 5) is 27.9. The Kier molecular flexibility index (Phi) is 5.46. The quantitative estimate of drug-likeness (QED) is 0.797. The van der Waals surface area contributed by atoms with Gasteiger partial charge in [-0.2, -0.15) is 0 Å². The van der Waals surface area contributed by atoms with Crippen LogP contribution >= 0.6 is 15.9 Å². The maximum Gasteiger partial charge on any atom is 0.290 e. The van der Waals surface area contributed by atoms with Gasteiger partial charge >= 0.3 is 0 Å². The second kappa shape index (κ2) is 7.17. The maximum absolute atomic E-state index is 12.6. The Hall–Kier alpha value is -1.82. The highest BCUT2D eigenvalue weighted by Gasteiger charge is 2.23. The summed E-state index contributed by atoms with van der Waals surface area (Å²) in [7, 11) is 1.62. The van der Waals surface area contributed by atoms with Crippen molar-refractivity contribution in [2.24, 2.45) is 0 Å². The number of benzene rings is 1. The third-order valence-corrected chi connectivity index (χ3v) is 4.42. The molecule has 0 fully saturated rings. The number of hydrogen-bond acceptors (Lipinski definition) is 3. The zero-order chi connectivity index (χ0) is 17.1. The van der Waals surface area contributed by atoms with Crippen LogP contribution in [0.15, 0.2) is 27.1 Å². The molecule has 0 bridgehead atoms. The highest BCUT2D eigenvalue weighted by atomic mass is 79.9. The minimum absolute atomic E-state index is 0.0424. The largest absolute Gasteiger partial charge is 0.451 e. The number of nitrogens with zero attached hydrogens (tertiary/aromatic N) is 2. The van der Waals surface area contributed by atoms with E-state index in [1.54, 1.807) is 11.9 Å². The Labute approximate surface area is 144 Å². The van der Waals surface area contributed by atoms with Gasteiger partial charge in [0.25, 0.3) is 5.91 Å². The molecular weight excluding hydrogens is 360 g/mol. The van der Waals surface area contributed by atoms with E-state index in [9.17, 15) is 9.59 Å². The van der Waals surface area contributed by atoms with Gasteiger partial charge in [0.2, 0.25) is 5.91 Å². The molecule has 124 valence electrons. The molecule has 1 heterocycles. The summed E-state index contributed by atoms with van der Waals surface area (Å²) >= 11 is 3.42. The summed E-state index contributed by atoms with van der Waals surface area (Å²) in [6, 6.07) is 5.61. The lowest BCUT2D eigenvalue weighted by Crippen LogP contribution is -2.41. The Bertz CT molecular complexity index is 735. The number of carbonyl (C=O) groups excluding carboxylic acids is 2. The molecule has 2 aromatic rings. The lowest BCUT2D eigenvalue weighted by atomic mass is 10.1. The molecule has 2 rings (SSSR count). The minimum Gasteiger partial charge on any atom is -0.451 e. The predicted molar refractivity (Wildman–Crippen MR) is 93.5 cm³/mol. The van der Waals surface area contributed by atoms with E-state index in [0.29, 0.717) is 18.7 Å². The molecule has 1 aromatic carbocycles. The van der Waals surface area contributed by atoms with Crippen LogP contribution in [-0.2, 0) is 4.79 Å². The standard InChI is InChI=1S/C17H21BrN2O3/c1-5-20(6-2)15(21)10-19(4)17(22)16-11(3)13-9-12(18)7-8-14(13)23-16/h7-9H,5-6,10H2,1-4H3. The molecule has 0 spiro atoms. The van der Waals surface area contributed by atoms with Crippen LogP contribution in [0.3, 0.4) is 0 Å². The molecule has 1 aromatic heterocycles. The van der Waals surface area contributed by atoms with Crippen LogP contribution in [0.1, 0.15) is 30.0 Å². The summed E-state index contributed by atoms with van der Waals surface area (Å²) in [6.45, 7) is 7.01. The Morgan fingerprint density at radius 2 is 1.87 bits per heavy atom. The van der Waals surface area contributed by atoms with Gasteiger partial charge in [0, 0.05) is 35.6 Å². The normalized spacial score (nSPS) is 10.8. The fourth-order valence-corrected chi connectivity index (χ4v) is 2.88. The molecule has 0 aliphatic heterocycles. The molecule has 5 nitrogen and oxygen atoms in total. The summed E-state index contributed by atoms with van der Waals surface area (Å²) < 4.78 is 6.62. The second-order valence-corrected chi connectivity index (χ2v) is 6.34. The van der Waals surface area contributed by atoms with Crippen LogP contribution in [0, 0.1) is 6.92 Å². The zero-order valence-corrected chi connectivity index (χ0v) is 15.4. The van der Waals surface area contributed by atoms with Gasteiger partial charge in [-0.25, -0.2) is 0 Å². The van der Waals surface area contributed by atoms with Gasteiger partial charge in [0.15, 0.2) is 5.76 Å². The summed E-state index contributed by atoms with van der Waals surface area (Å²) in [5.74, 6) is -0.0642. The molecule has 6 heteroatoms. The molecule has 0 saturated carbocycles. The average Bonchev–Trinajstić information content (AvgIpc) is 2.84. The van der Waals surface area contributed by atoms with Gasteiger partial charge in [-0.05, 0) is 39.0 Å². The summed E-state index contributed by atoms with van der Waals surface area (Å²) in [5, 5.41) is 0.895. The van der Waals surface area contributed by atoms with E-state index in [4.69, 9.17) is 4.42 Å². The van der Waals surface area contributed by atoms with E-state index >= 15 is 0 Å². The number of aryl methyl sites for hydroxylation is 1. The van der Waals surface area contributed by atoms with Crippen molar-refractivity contribution in [3.8, 4) is 0 Å². The number of furan rings is 1. The van der Waals surface area contributed by atoms with Crippen LogP contribution in [0.5, 0.6) is 0 Å². The van der Waals surface area contributed by atoms with E-state index in [0.717, 1.165) is 15.4 Å². The fraction of sp³-hybridized carbons (Fsp3) is 0.412. The van der Waals surface area contributed by atoms with E-state index in [1.165, 1.54) is 4.90 Å². The van der Waals surface area contributed by atoms with Crippen LogP contribution in [0.4, 0.5) is 0 Å². The topological polar surface area (TPSA) is 53.8 Å². The van der Waals surface area contributed by atoms with Crippen molar-refractivity contribution < 1.29 is 14.0 Å². The number of likely N-dealkylation sites (N-methyl/N-ethyl adjacent to an activating group) is 2. The molecule has 0 radical (unpaired) electrons. The smallest absolute Gasteiger partial charge is 0.290 e. The number of halogens is 1. The maximum atomic E-state index is 12.6. The molecule has 2 amide bonds. The third-order valence-electron chi connectivity index (χ3n) is 3.93. The van der Waals surface area contributed by atoms with Crippen LogP contribution in [0.2, 0.25) is 0 Å². The van der Waals surface area contributed by atoms with E-state index in [2.05, 4.69) is 15.9 Å². The Morgan fingerprint density at radius 3 is 2.48 bits per heavy atom. The third kappa shape index (κ3) is 3.58. The first-order valence-electron chi connectivity index (χ1n) is 7.60. The first-order valence-corrected chi connectivity index (χ1v) is 8.40. The van der Waals surface area contributed by atoms with Crippen LogP contribution in [0.25, 0.3) is 11.0 Å². The Balaban J connectivity index is 2.23. The van der Waals surface area contributed by atoms with Crippen molar-refractivity contribution in [3.05, 3.63) is 34.0 Å². The van der Waals surface area contributed by atoms with Gasteiger partial charge in [0.05, 0.1) is 6.54 Å². The van der Waals surface area contributed by atoms with Gasteiger partial charge in [-0.15, -0.1) is 0 Å². The molecule has 0 saturated heterocycles. The molecular formula is C17H21BrN2O3. The highest BCUT2D eigenvalue weighted by Crippen LogP contribution is 2.28. The first-order chi connectivity index (χ1) is 10.9. The van der Waals surface area contributed by atoms with Crippen molar-refractivity contribution in [1.82, 2.24) is 9.80 Å². The second-order valence-electron chi connectivity index (χ2n) is 5.42. The molecule has 0 unspecified atom stereocenters. The summed E-state index contributed by atoms with van der Waals surface area (Å²) in [6.07, 6.45) is 0. The SMILES string of the molecule is CCN(CC)C(=O)CN(C)C(=O)c1oc2ccc(Br)cc2c1C. The van der Waals surface area contributed by atoms with Crippen molar-refractivity contribution in [2.75, 3.05) is 26.7 Å². The number of hydrogen-bond donors (Lipinski definition) is 0. The lowest BCUT2D eigenvalue weighted by Gasteiger charge is -2.22. The minimum atomic E-state index is -0.282. The average molecular weight is 381 g/mol. The zero-order valence-electron chi connectivity index (χ0n) is 13.9. The van der Waals surface area contributed by atoms with E-state index in [1.807, 2.05) is 39.0 Å². The Morgan fingerprint density at radius 1 is 1.22 bits per heavy atom. The first kappa shape index (κ1) is 17.5. The number of amides is 2. The van der Waals surface area contributed by atoms with Gasteiger partial charge in [0.1, 0.15) is 5.58 Å². The fourth-order valence-electron chi connectivity index (χ4n) is 2.52. The molecule has 0 N–H and O–H groups in total. The number of carbonyl (C=O) groups is 2. The lowest BCUT2D eigenvalue weighted by molar-refractivity contribution is -0.131. The summed E-state index contributed by atoms with van der Waals surface area (Å²) in [5.41, 5.74) is 1.45. The van der Waals surface area contributed by atoms with Crippen molar-refractivity contribution in [1.29, 1.82) is 0 Å². The highest BCUT2D eigenvalue weighted by molar-refractivity contribution is 9.10. The monoisotopic (exact) mass is 380 g/mol. The van der Waals surface area contributed by atoms with Crippen LogP contribution in [-0.4, -0.2) is 48.3 Å². The van der Waals surface area contributed by atoms with Crippen molar-refractivity contribution >= 4 is 38.7 Å². The molecule has 23 heavy (non-hydrogen) atoms. The van der Waals surface area contributed by atoms with E-state index < -0.39 is 0 Å². The van der Waals surface area contributed by atoms with Crippen LogP contribution < -0.4 is 0 Å². The van der Waals surface area contributed by atoms with Crippen molar-refractivity contribution in [2.45, 2.75) is 20.8 Å². The molecule has 0 aliphatic carbocycles. The number of fused-ring (bicyclic) bond motifs is 1. The molecule has 0 atom stereocenters. The van der Waals surface area contributed by atoms with Crippen molar-refractivity contribution in [3.63, 3.8) is 0 Å². The number of rotatable bonds is 5.